The number of rotatable bonds is 81. The van der Waals surface area contributed by atoms with E-state index in [0.29, 0.717) is 31.6 Å². The normalized spacial score (nSPS) is 13.9. The largest absolute Gasteiger partial charge is 0.472 e. The molecule has 19 heteroatoms. The molecule has 606 valence electrons. The molecule has 0 saturated heterocycles. The molecule has 102 heavy (non-hydrogen) atoms. The fourth-order valence-electron chi connectivity index (χ4n) is 12.8. The number of hydrogen-bond acceptors (Lipinski definition) is 15. The van der Waals surface area contributed by atoms with Crippen molar-refractivity contribution in [3.05, 3.63) is 0 Å². The summed E-state index contributed by atoms with van der Waals surface area (Å²) < 4.78 is 68.7. The smallest absolute Gasteiger partial charge is 0.462 e. The fourth-order valence-corrected chi connectivity index (χ4v) is 14.4. The van der Waals surface area contributed by atoms with Gasteiger partial charge in [0.15, 0.2) is 12.2 Å². The van der Waals surface area contributed by atoms with Crippen molar-refractivity contribution in [3.63, 3.8) is 0 Å². The van der Waals surface area contributed by atoms with Gasteiger partial charge in [0.25, 0.3) is 0 Å². The van der Waals surface area contributed by atoms with Gasteiger partial charge in [-0.3, -0.25) is 37.3 Å². The highest BCUT2D eigenvalue weighted by molar-refractivity contribution is 7.47. The van der Waals surface area contributed by atoms with Gasteiger partial charge < -0.3 is 33.8 Å². The quantitative estimate of drug-likeness (QED) is 0.0222. The van der Waals surface area contributed by atoms with Gasteiger partial charge in [-0.25, -0.2) is 9.13 Å². The number of aliphatic hydroxyl groups is 1. The highest BCUT2D eigenvalue weighted by atomic mass is 31.2. The molecule has 0 aromatic rings. The topological polar surface area (TPSA) is 237 Å². The van der Waals surface area contributed by atoms with Crippen LogP contribution in [0.3, 0.4) is 0 Å². The van der Waals surface area contributed by atoms with E-state index in [1.54, 1.807) is 0 Å². The highest BCUT2D eigenvalue weighted by Gasteiger charge is 2.30. The number of phosphoric ester groups is 2. The molecule has 0 aromatic heterocycles. The number of ether oxygens (including phenoxy) is 4. The molecule has 0 fully saturated rings. The summed E-state index contributed by atoms with van der Waals surface area (Å²) in [6.07, 6.45) is 62.7. The first-order valence-electron chi connectivity index (χ1n) is 42.8. The van der Waals surface area contributed by atoms with E-state index in [1.807, 2.05) is 0 Å². The zero-order valence-corrected chi connectivity index (χ0v) is 68.9. The number of unbranched alkanes of at least 4 members (excludes halogenated alkanes) is 49. The fraction of sp³-hybridized carbons (Fsp3) is 0.952. The maximum absolute atomic E-state index is 13.1. The van der Waals surface area contributed by atoms with Gasteiger partial charge in [0.1, 0.15) is 19.3 Å². The van der Waals surface area contributed by atoms with Crippen LogP contribution in [0.15, 0.2) is 0 Å². The molecule has 0 radical (unpaired) electrons. The van der Waals surface area contributed by atoms with Crippen LogP contribution >= 0.6 is 15.6 Å². The second kappa shape index (κ2) is 73.2. The molecule has 2 unspecified atom stereocenters. The highest BCUT2D eigenvalue weighted by Crippen LogP contribution is 2.45. The lowest BCUT2D eigenvalue weighted by atomic mass is 10.0. The number of esters is 4. The van der Waals surface area contributed by atoms with Crippen molar-refractivity contribution in [2.75, 3.05) is 39.6 Å². The lowest BCUT2D eigenvalue weighted by Crippen LogP contribution is -2.30. The van der Waals surface area contributed by atoms with Crippen LogP contribution in [0, 0.1) is 17.8 Å². The van der Waals surface area contributed by atoms with Crippen molar-refractivity contribution in [1.82, 2.24) is 0 Å². The molecule has 17 nitrogen and oxygen atoms in total. The minimum Gasteiger partial charge on any atom is -0.462 e. The Hall–Kier alpha value is -1.94. The van der Waals surface area contributed by atoms with Crippen LogP contribution in [-0.4, -0.2) is 96.7 Å². The molecule has 0 aliphatic carbocycles. The third-order valence-electron chi connectivity index (χ3n) is 19.4. The zero-order chi connectivity index (χ0) is 75.1. The minimum atomic E-state index is -4.96. The van der Waals surface area contributed by atoms with Crippen LogP contribution in [0.5, 0.6) is 0 Å². The molecule has 0 aliphatic heterocycles. The number of carbonyl (C=O) groups excluding carboxylic acids is 4. The molecule has 0 amide bonds. The molecule has 5 atom stereocenters. The Labute approximate surface area is 626 Å². The molecular formula is C83H162O17P2. The summed E-state index contributed by atoms with van der Waals surface area (Å²) in [5, 5.41) is 10.6. The number of hydrogen-bond donors (Lipinski definition) is 3. The van der Waals surface area contributed by atoms with E-state index in [0.717, 1.165) is 108 Å². The molecule has 0 aromatic carbocycles. The maximum atomic E-state index is 13.1. The summed E-state index contributed by atoms with van der Waals surface area (Å²) in [4.78, 5) is 73.0. The summed E-state index contributed by atoms with van der Waals surface area (Å²) in [6.45, 7) is 11.9. The second-order valence-electron chi connectivity index (χ2n) is 31.3. The maximum Gasteiger partial charge on any atom is 0.472 e. The van der Waals surface area contributed by atoms with Crippen LogP contribution < -0.4 is 0 Å². The number of aliphatic hydroxyl groups excluding tert-OH is 1. The minimum absolute atomic E-state index is 0.105. The third kappa shape index (κ3) is 76.3. The van der Waals surface area contributed by atoms with Gasteiger partial charge in [-0.1, -0.05) is 382 Å². The van der Waals surface area contributed by atoms with E-state index in [1.165, 1.54) is 238 Å². The lowest BCUT2D eigenvalue weighted by molar-refractivity contribution is -0.161. The van der Waals surface area contributed by atoms with Crippen LogP contribution in [0.4, 0.5) is 0 Å². The van der Waals surface area contributed by atoms with E-state index in [4.69, 9.17) is 37.0 Å². The summed E-state index contributed by atoms with van der Waals surface area (Å²) in [7, 11) is -9.92. The Morgan fingerprint density at radius 1 is 0.265 bits per heavy atom. The van der Waals surface area contributed by atoms with Crippen molar-refractivity contribution < 1.29 is 80.2 Å². The van der Waals surface area contributed by atoms with Crippen molar-refractivity contribution in [2.45, 2.75) is 452 Å². The van der Waals surface area contributed by atoms with Crippen LogP contribution in [0.1, 0.15) is 434 Å². The average molecular weight is 1490 g/mol. The molecule has 0 spiro atoms. The first-order chi connectivity index (χ1) is 49.2. The zero-order valence-electron chi connectivity index (χ0n) is 67.1. The molecule has 3 N–H and O–H groups in total. The van der Waals surface area contributed by atoms with Crippen LogP contribution in [0.2, 0.25) is 0 Å². The van der Waals surface area contributed by atoms with Crippen molar-refractivity contribution in [3.8, 4) is 0 Å². The average Bonchev–Trinajstić information content (AvgIpc) is 0.912. The van der Waals surface area contributed by atoms with Crippen LogP contribution in [0.25, 0.3) is 0 Å². The van der Waals surface area contributed by atoms with E-state index >= 15 is 0 Å². The van der Waals surface area contributed by atoms with Gasteiger partial charge in [-0.05, 0) is 43.4 Å². The molecule has 0 rings (SSSR count). The Morgan fingerprint density at radius 3 is 0.667 bits per heavy atom. The van der Waals surface area contributed by atoms with E-state index < -0.39 is 97.5 Å². The summed E-state index contributed by atoms with van der Waals surface area (Å²) in [6, 6.07) is 0. The number of phosphoric acid groups is 2. The van der Waals surface area contributed by atoms with Gasteiger partial charge in [0, 0.05) is 25.7 Å². The standard InChI is InChI=1S/C83H162O17P2/c1-8-9-10-11-12-13-14-15-16-17-18-22-25-28-31-36-43-50-57-64-80(85)93-70-78(99-82(87)66-59-52-44-37-32-29-26-23-20-19-21-24-27-30-34-40-47-54-61-74(2)3)72-97-101(89,90)95-68-77(84)69-96-102(91,92)98-73-79(71-94-81(86)65-58-51-46-39-42-49-56-63-76(6)7)100-83(88)67-60-53-45-38-33-35-41-48-55-62-75(4)5/h74-79,84H,8-73H2,1-7H3,(H,89,90)(H,91,92)/t77-,78-,79-/m1/s1. The Bertz CT molecular complexity index is 1970. The Balaban J connectivity index is 5.21. The first-order valence-corrected chi connectivity index (χ1v) is 45.8. The number of carbonyl (C=O) groups is 4. The van der Waals surface area contributed by atoms with Gasteiger partial charge >= 0.3 is 39.5 Å². The Kier molecular flexibility index (Phi) is 71.8. The molecule has 0 bridgehead atoms. The van der Waals surface area contributed by atoms with Gasteiger partial charge in [0.05, 0.1) is 26.4 Å². The van der Waals surface area contributed by atoms with E-state index in [9.17, 15) is 43.2 Å². The van der Waals surface area contributed by atoms with Crippen molar-refractivity contribution in [1.29, 1.82) is 0 Å². The lowest BCUT2D eigenvalue weighted by Gasteiger charge is -2.21. The monoisotopic (exact) mass is 1490 g/mol. The molecular weight excluding hydrogens is 1330 g/mol. The van der Waals surface area contributed by atoms with E-state index in [2.05, 4.69) is 48.5 Å². The Morgan fingerprint density at radius 2 is 0.451 bits per heavy atom. The summed E-state index contributed by atoms with van der Waals surface area (Å²) >= 11 is 0. The summed E-state index contributed by atoms with van der Waals surface area (Å²) in [5.41, 5.74) is 0. The SMILES string of the molecule is CCCCCCCCCCCCCCCCCCCCCC(=O)OC[C@H](COP(=O)(O)OC[C@@H](O)COP(=O)(O)OC[C@@H](COC(=O)CCCCCCCCCC(C)C)OC(=O)CCCCCCCCCCCC(C)C)OC(=O)CCCCCCCCCCCCCCCCCCCCC(C)C. The van der Waals surface area contributed by atoms with Crippen molar-refractivity contribution in [2.24, 2.45) is 17.8 Å². The van der Waals surface area contributed by atoms with Crippen LogP contribution in [-0.2, 0) is 65.4 Å². The van der Waals surface area contributed by atoms with Gasteiger partial charge in [-0.2, -0.15) is 0 Å². The molecule has 0 saturated carbocycles. The second-order valence-corrected chi connectivity index (χ2v) is 34.2. The van der Waals surface area contributed by atoms with Gasteiger partial charge in [-0.15, -0.1) is 0 Å². The summed E-state index contributed by atoms with van der Waals surface area (Å²) in [5.74, 6) is 0.150. The predicted molar refractivity (Wildman–Crippen MR) is 418 cm³/mol. The van der Waals surface area contributed by atoms with Crippen molar-refractivity contribution >= 4 is 39.5 Å². The first kappa shape index (κ1) is 100. The molecule has 0 aliphatic rings. The van der Waals surface area contributed by atoms with Gasteiger partial charge in [0.2, 0.25) is 0 Å². The predicted octanol–water partition coefficient (Wildman–Crippen LogP) is 24.9. The van der Waals surface area contributed by atoms with E-state index in [-0.39, 0.29) is 25.7 Å². The third-order valence-corrected chi connectivity index (χ3v) is 21.3. The molecule has 0 heterocycles.